The van der Waals surface area contributed by atoms with Crippen molar-refractivity contribution in [3.8, 4) is 11.4 Å². The second kappa shape index (κ2) is 6.27. The lowest BCUT2D eigenvalue weighted by Gasteiger charge is -2.13. The van der Waals surface area contributed by atoms with E-state index < -0.39 is 6.10 Å². The molecule has 6 heteroatoms. The summed E-state index contributed by atoms with van der Waals surface area (Å²) in [7, 11) is 0. The summed E-state index contributed by atoms with van der Waals surface area (Å²) in [5.74, 6) is 1.50. The highest BCUT2D eigenvalue weighted by Gasteiger charge is 2.24. The summed E-state index contributed by atoms with van der Waals surface area (Å²) in [4.78, 5) is 16.3. The van der Waals surface area contributed by atoms with Gasteiger partial charge in [0.1, 0.15) is 6.10 Å². The van der Waals surface area contributed by atoms with Crippen molar-refractivity contribution in [2.75, 3.05) is 11.9 Å². The first kappa shape index (κ1) is 14.7. The van der Waals surface area contributed by atoms with Gasteiger partial charge in [-0.3, -0.25) is 4.79 Å². The van der Waals surface area contributed by atoms with Gasteiger partial charge in [-0.05, 0) is 37.8 Å². The van der Waals surface area contributed by atoms with Crippen LogP contribution in [0.3, 0.4) is 0 Å². The lowest BCUT2D eigenvalue weighted by molar-refractivity contribution is -0.126. The number of hydrogen-bond acceptors (Lipinski definition) is 5. The van der Waals surface area contributed by atoms with Crippen LogP contribution in [0.5, 0.6) is 0 Å². The predicted molar refractivity (Wildman–Crippen MR) is 81.2 cm³/mol. The minimum atomic E-state index is -0.461. The minimum Gasteiger partial charge on any atom is -0.368 e. The van der Waals surface area contributed by atoms with Gasteiger partial charge in [0.05, 0.1) is 6.61 Å². The molecule has 0 radical (unpaired) electrons. The van der Waals surface area contributed by atoms with Crippen molar-refractivity contribution in [2.24, 2.45) is 5.92 Å². The number of nitrogens with one attached hydrogen (secondary N) is 1. The fraction of sp³-hybridized carbons (Fsp3) is 0.438. The Morgan fingerprint density at radius 3 is 3.00 bits per heavy atom. The summed E-state index contributed by atoms with van der Waals surface area (Å²) < 4.78 is 10.5. The second-order valence-electron chi connectivity index (χ2n) is 5.63. The SMILES string of the molecule is Cc1nc(-c2cccc(NC(=O)C(C)OCC3CC3)c2)no1. The topological polar surface area (TPSA) is 77.2 Å². The zero-order valence-electron chi connectivity index (χ0n) is 12.7. The van der Waals surface area contributed by atoms with E-state index >= 15 is 0 Å². The van der Waals surface area contributed by atoms with E-state index in [0.717, 1.165) is 5.56 Å². The van der Waals surface area contributed by atoms with Crippen LogP contribution in [-0.4, -0.2) is 28.8 Å². The Hall–Kier alpha value is -2.21. The zero-order chi connectivity index (χ0) is 15.5. The number of aryl methyl sites for hydroxylation is 1. The number of aromatic nitrogens is 2. The highest BCUT2D eigenvalue weighted by atomic mass is 16.5. The van der Waals surface area contributed by atoms with E-state index in [1.54, 1.807) is 13.8 Å². The van der Waals surface area contributed by atoms with E-state index in [2.05, 4.69) is 15.5 Å². The molecule has 1 fully saturated rings. The van der Waals surface area contributed by atoms with Gasteiger partial charge in [-0.2, -0.15) is 4.98 Å². The molecule has 1 aliphatic carbocycles. The largest absolute Gasteiger partial charge is 0.368 e. The van der Waals surface area contributed by atoms with Crippen LogP contribution in [-0.2, 0) is 9.53 Å². The standard InChI is InChI=1S/C16H19N3O3/c1-10(21-9-12-6-7-12)16(20)18-14-5-3-4-13(8-14)15-17-11(2)22-19-15/h3-5,8,10,12H,6-7,9H2,1-2H3,(H,18,20). The number of anilines is 1. The highest BCUT2D eigenvalue weighted by molar-refractivity contribution is 5.94. The molecule has 1 saturated carbocycles. The van der Waals surface area contributed by atoms with Crippen molar-refractivity contribution in [2.45, 2.75) is 32.8 Å². The third-order valence-corrected chi connectivity index (χ3v) is 3.56. The van der Waals surface area contributed by atoms with E-state index in [0.29, 0.717) is 29.9 Å². The molecule has 0 bridgehead atoms. The lowest BCUT2D eigenvalue weighted by Crippen LogP contribution is -2.28. The molecule has 1 atom stereocenters. The molecule has 0 aliphatic heterocycles. The molecule has 116 valence electrons. The first-order chi connectivity index (χ1) is 10.6. The third kappa shape index (κ3) is 3.71. The predicted octanol–water partition coefficient (Wildman–Crippen LogP) is 2.80. The molecule has 1 aromatic carbocycles. The molecular weight excluding hydrogens is 282 g/mol. The van der Waals surface area contributed by atoms with Gasteiger partial charge < -0.3 is 14.6 Å². The molecule has 3 rings (SSSR count). The van der Waals surface area contributed by atoms with Crippen molar-refractivity contribution in [1.82, 2.24) is 10.1 Å². The molecule has 1 amide bonds. The van der Waals surface area contributed by atoms with Gasteiger partial charge in [-0.1, -0.05) is 17.3 Å². The average Bonchev–Trinajstić information content (AvgIpc) is 3.24. The monoisotopic (exact) mass is 301 g/mol. The summed E-state index contributed by atoms with van der Waals surface area (Å²) >= 11 is 0. The van der Waals surface area contributed by atoms with Crippen molar-refractivity contribution in [3.05, 3.63) is 30.2 Å². The van der Waals surface area contributed by atoms with Gasteiger partial charge in [0.2, 0.25) is 11.7 Å². The Morgan fingerprint density at radius 2 is 2.32 bits per heavy atom. The Balaban J connectivity index is 1.63. The van der Waals surface area contributed by atoms with Crippen LogP contribution in [0.15, 0.2) is 28.8 Å². The Labute approximate surface area is 128 Å². The minimum absolute atomic E-state index is 0.151. The third-order valence-electron chi connectivity index (χ3n) is 3.56. The van der Waals surface area contributed by atoms with E-state index in [9.17, 15) is 4.79 Å². The molecule has 1 N–H and O–H groups in total. The van der Waals surface area contributed by atoms with Crippen LogP contribution in [0.1, 0.15) is 25.7 Å². The number of ether oxygens (including phenoxy) is 1. The van der Waals surface area contributed by atoms with E-state index in [1.807, 2.05) is 24.3 Å². The summed E-state index contributed by atoms with van der Waals surface area (Å²) in [5.41, 5.74) is 1.48. The van der Waals surface area contributed by atoms with E-state index in [1.165, 1.54) is 12.8 Å². The van der Waals surface area contributed by atoms with Crippen LogP contribution in [0, 0.1) is 12.8 Å². The number of carbonyl (C=O) groups excluding carboxylic acids is 1. The van der Waals surface area contributed by atoms with Crippen LogP contribution in [0.25, 0.3) is 11.4 Å². The molecule has 2 aromatic rings. The average molecular weight is 301 g/mol. The van der Waals surface area contributed by atoms with Gasteiger partial charge in [-0.25, -0.2) is 0 Å². The van der Waals surface area contributed by atoms with Crippen LogP contribution in [0.2, 0.25) is 0 Å². The smallest absolute Gasteiger partial charge is 0.253 e. The van der Waals surface area contributed by atoms with Crippen molar-refractivity contribution in [1.29, 1.82) is 0 Å². The van der Waals surface area contributed by atoms with E-state index in [4.69, 9.17) is 9.26 Å². The molecular formula is C16H19N3O3. The van der Waals surface area contributed by atoms with Crippen molar-refractivity contribution < 1.29 is 14.1 Å². The Bertz CT molecular complexity index is 664. The van der Waals surface area contributed by atoms with Gasteiger partial charge in [0.15, 0.2) is 0 Å². The maximum absolute atomic E-state index is 12.1. The maximum atomic E-state index is 12.1. The van der Waals surface area contributed by atoms with Gasteiger partial charge in [0.25, 0.3) is 5.91 Å². The van der Waals surface area contributed by atoms with Gasteiger partial charge >= 0.3 is 0 Å². The summed E-state index contributed by atoms with van der Waals surface area (Å²) in [6.07, 6.45) is 1.96. The number of benzene rings is 1. The fourth-order valence-corrected chi connectivity index (χ4v) is 2.04. The number of hydrogen-bond donors (Lipinski definition) is 1. The normalized spacial score (nSPS) is 15.5. The van der Waals surface area contributed by atoms with Crippen molar-refractivity contribution >= 4 is 11.6 Å². The molecule has 1 aliphatic rings. The van der Waals surface area contributed by atoms with Gasteiger partial charge in [0, 0.05) is 18.2 Å². The summed E-state index contributed by atoms with van der Waals surface area (Å²) in [5, 5.41) is 6.73. The Morgan fingerprint density at radius 1 is 1.50 bits per heavy atom. The number of carbonyl (C=O) groups is 1. The zero-order valence-corrected chi connectivity index (χ0v) is 12.7. The number of amides is 1. The molecule has 1 unspecified atom stereocenters. The number of nitrogens with zero attached hydrogens (tertiary/aromatic N) is 2. The van der Waals surface area contributed by atoms with E-state index in [-0.39, 0.29) is 5.91 Å². The molecule has 0 saturated heterocycles. The van der Waals surface area contributed by atoms with Gasteiger partial charge in [-0.15, -0.1) is 0 Å². The molecule has 1 aromatic heterocycles. The molecule has 6 nitrogen and oxygen atoms in total. The Kier molecular flexibility index (Phi) is 4.20. The number of rotatable bonds is 6. The maximum Gasteiger partial charge on any atom is 0.253 e. The fourth-order valence-electron chi connectivity index (χ4n) is 2.04. The van der Waals surface area contributed by atoms with Crippen LogP contribution >= 0.6 is 0 Å². The first-order valence-corrected chi connectivity index (χ1v) is 7.45. The first-order valence-electron chi connectivity index (χ1n) is 7.45. The summed E-state index contributed by atoms with van der Waals surface area (Å²) in [6, 6.07) is 7.34. The molecule has 0 spiro atoms. The lowest BCUT2D eigenvalue weighted by atomic mass is 10.2. The van der Waals surface area contributed by atoms with Crippen LogP contribution in [0.4, 0.5) is 5.69 Å². The highest BCUT2D eigenvalue weighted by Crippen LogP contribution is 2.29. The van der Waals surface area contributed by atoms with Crippen LogP contribution < -0.4 is 5.32 Å². The second-order valence-corrected chi connectivity index (χ2v) is 5.63. The van der Waals surface area contributed by atoms with Crippen molar-refractivity contribution in [3.63, 3.8) is 0 Å². The quantitative estimate of drug-likeness (QED) is 0.887. The molecule has 1 heterocycles. The summed E-state index contributed by atoms with van der Waals surface area (Å²) in [6.45, 7) is 4.17. The molecule has 22 heavy (non-hydrogen) atoms.